The fourth-order valence-corrected chi connectivity index (χ4v) is 5.22. The summed E-state index contributed by atoms with van der Waals surface area (Å²) in [5.74, 6) is 0. The van der Waals surface area contributed by atoms with Gasteiger partial charge in [-0.05, 0) is 56.1 Å². The van der Waals surface area contributed by atoms with Gasteiger partial charge in [-0.15, -0.1) is 0 Å². The molecule has 1 aliphatic heterocycles. The maximum atomic E-state index is 6.47. The number of benzene rings is 4. The molecular formula is C31H26BNO3. The van der Waals surface area contributed by atoms with Crippen molar-refractivity contribution in [2.24, 2.45) is 0 Å². The third kappa shape index (κ3) is 3.06. The van der Waals surface area contributed by atoms with Gasteiger partial charge in [0.15, 0.2) is 5.58 Å². The number of hydrogen-bond acceptors (Lipinski definition) is 4. The molecule has 0 radical (unpaired) electrons. The van der Waals surface area contributed by atoms with Gasteiger partial charge < -0.3 is 13.7 Å². The van der Waals surface area contributed by atoms with Crippen LogP contribution in [-0.4, -0.2) is 23.3 Å². The maximum absolute atomic E-state index is 6.47. The minimum absolute atomic E-state index is 0.376. The van der Waals surface area contributed by atoms with Gasteiger partial charge in [-0.25, -0.2) is 4.98 Å². The Morgan fingerprint density at radius 3 is 2.08 bits per heavy atom. The highest BCUT2D eigenvalue weighted by Crippen LogP contribution is 2.42. The van der Waals surface area contributed by atoms with Crippen molar-refractivity contribution >= 4 is 56.2 Å². The average Bonchev–Trinajstić information content (AvgIpc) is 3.37. The van der Waals surface area contributed by atoms with Crippen molar-refractivity contribution in [2.45, 2.75) is 38.9 Å². The molecule has 0 N–H and O–H groups in total. The molecule has 0 atom stereocenters. The molecule has 176 valence electrons. The van der Waals surface area contributed by atoms with E-state index in [0.717, 1.165) is 49.6 Å². The van der Waals surface area contributed by atoms with Crippen molar-refractivity contribution in [1.29, 1.82) is 0 Å². The van der Waals surface area contributed by atoms with Crippen LogP contribution in [0.3, 0.4) is 0 Å². The van der Waals surface area contributed by atoms with E-state index >= 15 is 0 Å². The third-order valence-corrected chi connectivity index (χ3v) is 7.91. The Balaban J connectivity index is 1.44. The summed E-state index contributed by atoms with van der Waals surface area (Å²) in [6, 6.07) is 29.3. The first kappa shape index (κ1) is 21.6. The molecule has 1 saturated heterocycles. The molecule has 5 heteroatoms. The van der Waals surface area contributed by atoms with Crippen molar-refractivity contribution in [2.75, 3.05) is 0 Å². The Bertz CT molecular complexity index is 1780. The summed E-state index contributed by atoms with van der Waals surface area (Å²) < 4.78 is 19.0. The molecular weight excluding hydrogens is 445 g/mol. The number of pyridine rings is 1. The zero-order valence-electron chi connectivity index (χ0n) is 20.8. The number of furan rings is 1. The first-order chi connectivity index (χ1) is 17.3. The van der Waals surface area contributed by atoms with Crippen LogP contribution in [0.2, 0.25) is 0 Å². The van der Waals surface area contributed by atoms with Gasteiger partial charge in [-0.1, -0.05) is 72.8 Å². The number of fused-ring (bicyclic) bond motifs is 7. The number of nitrogens with zero attached hydrogens (tertiary/aromatic N) is 1. The zero-order valence-corrected chi connectivity index (χ0v) is 20.8. The van der Waals surface area contributed by atoms with Crippen LogP contribution in [0.15, 0.2) is 89.3 Å². The van der Waals surface area contributed by atoms with Crippen LogP contribution in [0.5, 0.6) is 0 Å². The highest BCUT2D eigenvalue weighted by atomic mass is 16.7. The van der Waals surface area contributed by atoms with E-state index in [0.29, 0.717) is 0 Å². The Morgan fingerprint density at radius 1 is 0.667 bits per heavy atom. The first-order valence-electron chi connectivity index (χ1n) is 12.4. The van der Waals surface area contributed by atoms with Crippen molar-refractivity contribution in [3.63, 3.8) is 0 Å². The number of rotatable bonds is 2. The fourth-order valence-electron chi connectivity index (χ4n) is 5.22. The summed E-state index contributed by atoms with van der Waals surface area (Å²) in [5, 5.41) is 5.72. The first-order valence-corrected chi connectivity index (χ1v) is 12.4. The molecule has 0 amide bonds. The van der Waals surface area contributed by atoms with E-state index in [4.69, 9.17) is 18.7 Å². The minimum Gasteiger partial charge on any atom is -0.454 e. The second-order valence-electron chi connectivity index (χ2n) is 10.7. The number of para-hydroxylation sites is 1. The van der Waals surface area contributed by atoms with Crippen LogP contribution in [0.25, 0.3) is 54.9 Å². The Morgan fingerprint density at radius 2 is 1.33 bits per heavy atom. The highest BCUT2D eigenvalue weighted by molar-refractivity contribution is 6.62. The van der Waals surface area contributed by atoms with Gasteiger partial charge in [-0.3, -0.25) is 0 Å². The molecule has 3 heterocycles. The van der Waals surface area contributed by atoms with E-state index in [1.807, 2.05) is 12.1 Å². The lowest BCUT2D eigenvalue weighted by molar-refractivity contribution is 0.00578. The second kappa shape index (κ2) is 7.42. The molecule has 4 nitrogen and oxygen atoms in total. The van der Waals surface area contributed by atoms with E-state index < -0.39 is 7.12 Å². The fraction of sp³-hybridized carbons (Fsp3) is 0.194. The topological polar surface area (TPSA) is 44.5 Å². The highest BCUT2D eigenvalue weighted by Gasteiger charge is 2.51. The summed E-state index contributed by atoms with van der Waals surface area (Å²) in [7, 11) is -0.397. The predicted molar refractivity (Wildman–Crippen MR) is 148 cm³/mol. The monoisotopic (exact) mass is 471 g/mol. The van der Waals surface area contributed by atoms with Gasteiger partial charge in [0.2, 0.25) is 0 Å². The van der Waals surface area contributed by atoms with Gasteiger partial charge in [0.25, 0.3) is 0 Å². The van der Waals surface area contributed by atoms with Gasteiger partial charge in [0, 0.05) is 21.7 Å². The summed E-state index contributed by atoms with van der Waals surface area (Å²) >= 11 is 0. The largest absolute Gasteiger partial charge is 0.494 e. The van der Waals surface area contributed by atoms with Crippen molar-refractivity contribution in [3.05, 3.63) is 84.9 Å². The van der Waals surface area contributed by atoms with Crippen molar-refractivity contribution in [1.82, 2.24) is 4.98 Å². The van der Waals surface area contributed by atoms with E-state index in [-0.39, 0.29) is 11.2 Å². The molecule has 0 saturated carbocycles. The normalized spacial score (nSPS) is 17.1. The van der Waals surface area contributed by atoms with Gasteiger partial charge >= 0.3 is 7.12 Å². The van der Waals surface area contributed by atoms with E-state index in [2.05, 4.69) is 100 Å². The standard InChI is InChI=1S/C31H26BNO3/c1-30(2)31(3,4)36-32(35-30)21-16-13-20(14-17-21)28-29-27(23-11-7-8-12-25(23)34-29)26-22-10-6-5-9-19(22)15-18-24(26)33-28/h5-18H,1-4H3. The SMILES string of the molecule is CC1(C)OB(c2ccc(-c3nc4ccc5ccccc5c4c4c3oc3ccccc34)cc2)OC1(C)C. The second-order valence-corrected chi connectivity index (χ2v) is 10.7. The van der Waals surface area contributed by atoms with Crippen LogP contribution >= 0.6 is 0 Å². The van der Waals surface area contributed by atoms with Crippen LogP contribution in [0.1, 0.15) is 27.7 Å². The maximum Gasteiger partial charge on any atom is 0.494 e. The Kier molecular flexibility index (Phi) is 4.45. The third-order valence-electron chi connectivity index (χ3n) is 7.91. The lowest BCUT2D eigenvalue weighted by atomic mass is 9.78. The van der Waals surface area contributed by atoms with Gasteiger partial charge in [0.05, 0.1) is 16.7 Å². The van der Waals surface area contributed by atoms with Crippen LogP contribution < -0.4 is 5.46 Å². The van der Waals surface area contributed by atoms with Gasteiger partial charge in [-0.2, -0.15) is 0 Å². The Hall–Kier alpha value is -3.67. The number of aromatic nitrogens is 1. The molecule has 0 bridgehead atoms. The van der Waals surface area contributed by atoms with E-state index in [9.17, 15) is 0 Å². The predicted octanol–water partition coefficient (Wildman–Crippen LogP) is 7.25. The summed E-state index contributed by atoms with van der Waals surface area (Å²) in [4.78, 5) is 5.14. The molecule has 4 aromatic carbocycles. The van der Waals surface area contributed by atoms with Gasteiger partial charge in [0.1, 0.15) is 11.3 Å². The smallest absolute Gasteiger partial charge is 0.454 e. The molecule has 1 aliphatic rings. The molecule has 36 heavy (non-hydrogen) atoms. The molecule has 0 unspecified atom stereocenters. The molecule has 6 aromatic rings. The summed E-state index contributed by atoms with van der Waals surface area (Å²) in [5.41, 5.74) is 4.70. The number of hydrogen-bond donors (Lipinski definition) is 0. The van der Waals surface area contributed by atoms with E-state index in [1.165, 1.54) is 10.8 Å². The van der Waals surface area contributed by atoms with Crippen molar-refractivity contribution < 1.29 is 13.7 Å². The lowest BCUT2D eigenvalue weighted by Gasteiger charge is -2.32. The summed E-state index contributed by atoms with van der Waals surface area (Å²) in [6.07, 6.45) is 0. The van der Waals surface area contributed by atoms with E-state index in [1.54, 1.807) is 0 Å². The van der Waals surface area contributed by atoms with Crippen LogP contribution in [0.4, 0.5) is 0 Å². The molecule has 7 rings (SSSR count). The lowest BCUT2D eigenvalue weighted by Crippen LogP contribution is -2.41. The molecule has 1 fully saturated rings. The molecule has 2 aromatic heterocycles. The summed E-state index contributed by atoms with van der Waals surface area (Å²) in [6.45, 7) is 8.29. The molecule has 0 aliphatic carbocycles. The van der Waals surface area contributed by atoms with Crippen LogP contribution in [0, 0.1) is 0 Å². The molecule has 0 spiro atoms. The Labute approximate surface area is 210 Å². The van der Waals surface area contributed by atoms with Crippen molar-refractivity contribution in [3.8, 4) is 11.3 Å². The quantitative estimate of drug-likeness (QED) is 0.197. The van der Waals surface area contributed by atoms with Crippen LogP contribution in [-0.2, 0) is 9.31 Å². The minimum atomic E-state index is -0.397. The average molecular weight is 471 g/mol. The zero-order chi connectivity index (χ0) is 24.7.